The van der Waals surface area contributed by atoms with Gasteiger partial charge in [-0.1, -0.05) is 72.8 Å². The number of hydrogen-bond donors (Lipinski definition) is 4. The number of fused-ring (bicyclic) bond motifs is 4. The van der Waals surface area contributed by atoms with Crippen molar-refractivity contribution in [3.05, 3.63) is 178 Å². The van der Waals surface area contributed by atoms with Crippen molar-refractivity contribution in [3.8, 4) is 12.1 Å². The third-order valence-electron chi connectivity index (χ3n) is 14.6. The van der Waals surface area contributed by atoms with Gasteiger partial charge >= 0.3 is 0 Å². The van der Waals surface area contributed by atoms with Crippen LogP contribution >= 0.6 is 24.8 Å². The molecule has 2 heterocycles. The number of carbonyl (C=O) groups excluding carboxylic acids is 6. The number of nitrogens with zero attached hydrogens (tertiary/aromatic N) is 6. The Morgan fingerprint density at radius 2 is 0.910 bits per heavy atom. The number of nitriles is 2. The first-order valence-corrected chi connectivity index (χ1v) is 25.0. The molecule has 18 heteroatoms. The maximum Gasteiger partial charge on any atom is 0.258 e. The fourth-order valence-corrected chi connectivity index (χ4v) is 9.88. The molecule has 0 fully saturated rings. The second-order valence-corrected chi connectivity index (χ2v) is 19.2. The summed E-state index contributed by atoms with van der Waals surface area (Å²) in [5.74, 6) is -3.05. The molecule has 9 rings (SSSR count). The molecule has 0 spiro atoms. The van der Waals surface area contributed by atoms with E-state index < -0.39 is 59.6 Å². The third kappa shape index (κ3) is 11.1. The zero-order valence-electron chi connectivity index (χ0n) is 43.8. The highest BCUT2D eigenvalue weighted by atomic mass is 35.5. The highest BCUT2D eigenvalue weighted by molar-refractivity contribution is 6.15. The molecule has 2 aliphatic rings. The van der Waals surface area contributed by atoms with Crippen LogP contribution in [0.25, 0.3) is 21.5 Å². The van der Waals surface area contributed by atoms with Crippen molar-refractivity contribution in [2.24, 2.45) is 0 Å². The Bertz CT molecular complexity index is 3360. The van der Waals surface area contributed by atoms with Gasteiger partial charge in [0.15, 0.2) is 0 Å². The lowest BCUT2D eigenvalue weighted by molar-refractivity contribution is -0.128. The molecule has 0 aromatic heterocycles. The molecule has 0 saturated carbocycles. The second kappa shape index (κ2) is 24.1. The molecular formula is C60H58Cl2N10O6. The highest BCUT2D eigenvalue weighted by Crippen LogP contribution is 2.40. The fourth-order valence-electron chi connectivity index (χ4n) is 9.88. The Labute approximate surface area is 464 Å². The van der Waals surface area contributed by atoms with Gasteiger partial charge in [0.05, 0.1) is 84.3 Å². The van der Waals surface area contributed by atoms with Gasteiger partial charge in [-0.2, -0.15) is 10.5 Å². The van der Waals surface area contributed by atoms with Gasteiger partial charge in [-0.05, 0) is 146 Å². The first-order chi connectivity index (χ1) is 36.6. The van der Waals surface area contributed by atoms with Crippen molar-refractivity contribution < 1.29 is 28.8 Å². The van der Waals surface area contributed by atoms with Gasteiger partial charge in [0, 0.05) is 11.1 Å². The summed E-state index contributed by atoms with van der Waals surface area (Å²) in [6.07, 6.45) is 0. The number of hydrogen-bond acceptors (Lipinski definition) is 10. The molecule has 0 saturated heterocycles. The van der Waals surface area contributed by atoms with E-state index in [1.807, 2.05) is 86.6 Å². The van der Waals surface area contributed by atoms with Crippen molar-refractivity contribution in [1.29, 1.82) is 10.5 Å². The summed E-state index contributed by atoms with van der Waals surface area (Å²) in [4.78, 5) is 93.3. The van der Waals surface area contributed by atoms with Crippen LogP contribution in [-0.2, 0) is 32.3 Å². The predicted molar refractivity (Wildman–Crippen MR) is 307 cm³/mol. The average Bonchev–Trinajstić information content (AvgIpc) is 3.80. The van der Waals surface area contributed by atoms with Crippen molar-refractivity contribution in [3.63, 3.8) is 0 Å². The van der Waals surface area contributed by atoms with E-state index in [1.54, 1.807) is 74.1 Å². The van der Waals surface area contributed by atoms with Gasteiger partial charge in [0.1, 0.15) is 12.1 Å². The topological polar surface area (TPSA) is 211 Å². The first-order valence-electron chi connectivity index (χ1n) is 25.0. The van der Waals surface area contributed by atoms with E-state index in [0.717, 1.165) is 43.8 Å². The molecule has 7 aromatic carbocycles. The lowest BCUT2D eigenvalue weighted by Gasteiger charge is -2.27. The van der Waals surface area contributed by atoms with Crippen LogP contribution in [0, 0.1) is 36.5 Å². The number of anilines is 4. The Morgan fingerprint density at radius 1 is 0.538 bits per heavy atom. The van der Waals surface area contributed by atoms with E-state index in [2.05, 4.69) is 33.4 Å². The molecule has 0 bridgehead atoms. The zero-order chi connectivity index (χ0) is 53.9. The van der Waals surface area contributed by atoms with Crippen LogP contribution < -0.4 is 40.9 Å². The zero-order valence-corrected chi connectivity index (χ0v) is 45.4. The number of nitrogens with one attached hydrogen (secondary N) is 4. The summed E-state index contributed by atoms with van der Waals surface area (Å²) in [7, 11) is 3.25. The van der Waals surface area contributed by atoms with Crippen LogP contribution in [-0.4, -0.2) is 86.8 Å². The van der Waals surface area contributed by atoms with Crippen LogP contribution in [0.4, 0.5) is 22.7 Å². The normalized spacial score (nSPS) is 15.7. The van der Waals surface area contributed by atoms with Gasteiger partial charge in [0.25, 0.3) is 23.6 Å². The van der Waals surface area contributed by atoms with Gasteiger partial charge in [-0.25, -0.2) is 0 Å². The van der Waals surface area contributed by atoms with Crippen LogP contribution in [0.1, 0.15) is 67.9 Å². The van der Waals surface area contributed by atoms with Crippen molar-refractivity contribution in [2.45, 2.75) is 65.0 Å². The molecule has 0 radical (unpaired) electrons. The fraction of sp³-hybridized carbons (Fsp3) is 0.233. The maximum atomic E-state index is 15.1. The number of halogens is 2. The largest absolute Gasteiger partial charge is 0.341 e. The summed E-state index contributed by atoms with van der Waals surface area (Å²) in [6.45, 7) is 6.78. The third-order valence-corrected chi connectivity index (χ3v) is 14.6. The van der Waals surface area contributed by atoms with Gasteiger partial charge < -0.3 is 40.9 Å². The van der Waals surface area contributed by atoms with E-state index in [9.17, 15) is 29.7 Å². The number of rotatable bonds is 12. The van der Waals surface area contributed by atoms with Gasteiger partial charge in [-0.3, -0.25) is 28.8 Å². The van der Waals surface area contributed by atoms with Crippen LogP contribution in [0.2, 0.25) is 0 Å². The van der Waals surface area contributed by atoms with E-state index in [0.29, 0.717) is 11.4 Å². The van der Waals surface area contributed by atoms with E-state index in [4.69, 9.17) is 0 Å². The summed E-state index contributed by atoms with van der Waals surface area (Å²) < 4.78 is 0. The highest BCUT2D eigenvalue weighted by Gasteiger charge is 2.41. The number of amides is 6. The molecular weight excluding hydrogens is 1030 g/mol. The minimum Gasteiger partial charge on any atom is -0.341 e. The molecule has 398 valence electrons. The second-order valence-electron chi connectivity index (χ2n) is 19.2. The van der Waals surface area contributed by atoms with Crippen LogP contribution in [0.5, 0.6) is 0 Å². The molecule has 6 amide bonds. The van der Waals surface area contributed by atoms with Crippen molar-refractivity contribution in [2.75, 3.05) is 46.8 Å². The molecule has 2 aliphatic heterocycles. The quantitative estimate of drug-likeness (QED) is 0.0934. The summed E-state index contributed by atoms with van der Waals surface area (Å²) in [5, 5.41) is 35.7. The number of likely N-dealkylation sites (N-methyl/N-ethyl adjacent to an activating group) is 2. The molecule has 4 N–H and O–H groups in total. The predicted octanol–water partition coefficient (Wildman–Crippen LogP) is 7.77. The average molecular weight is 1090 g/mol. The molecule has 7 aromatic rings. The lowest BCUT2D eigenvalue weighted by Crippen LogP contribution is -2.55. The van der Waals surface area contributed by atoms with E-state index in [1.165, 1.54) is 34.1 Å². The minimum absolute atomic E-state index is 0. The minimum atomic E-state index is -1.24. The molecule has 0 unspecified atom stereocenters. The Morgan fingerprint density at radius 3 is 1.27 bits per heavy atom. The molecule has 78 heavy (non-hydrogen) atoms. The summed E-state index contributed by atoms with van der Waals surface area (Å²) in [5.41, 5.74) is 5.49. The first kappa shape index (κ1) is 57.1. The Balaban J connectivity index is 0.00000441. The van der Waals surface area contributed by atoms with Crippen LogP contribution in [0.15, 0.2) is 133 Å². The number of benzene rings is 7. The molecule has 16 nitrogen and oxygen atoms in total. The number of carbonyl (C=O) groups is 6. The van der Waals surface area contributed by atoms with Crippen molar-refractivity contribution >= 4 is 105 Å². The van der Waals surface area contributed by atoms with E-state index >= 15 is 9.59 Å². The van der Waals surface area contributed by atoms with E-state index in [-0.39, 0.29) is 84.6 Å². The Kier molecular flexibility index (Phi) is 17.7. The smallest absolute Gasteiger partial charge is 0.258 e. The monoisotopic (exact) mass is 1080 g/mol. The van der Waals surface area contributed by atoms with Crippen LogP contribution in [0.3, 0.4) is 0 Å². The SMILES string of the molecule is CN[C@@H](C)C(=O)N[C@H]1CN(C(=O)c2ccc(C(=O)N3C[C@H](NC(=O)[C@H](C)NC)C(=O)N(Cc4c(C)ccc5ccccc45)c4ccc(C#N)cc43)cc2)c2cc(C#N)ccc2N(Cc2c(C)ccc3ccccc23)C1=O.Cl.Cl. The summed E-state index contributed by atoms with van der Waals surface area (Å²) in [6, 6.07) is 39.5. The number of aryl methyl sites for hydroxylation is 2. The van der Waals surface area contributed by atoms with Gasteiger partial charge in [-0.15, -0.1) is 24.8 Å². The lowest BCUT2D eigenvalue weighted by atomic mass is 9.98. The maximum absolute atomic E-state index is 15.1. The van der Waals surface area contributed by atoms with Gasteiger partial charge in [0.2, 0.25) is 11.8 Å². The standard InChI is InChI=1S/C60H56N10O6.2ClH/c1-35-15-19-41-11-7-9-13-45(41)47(35)31-67-51-25-17-39(29-61)27-53(51)69(33-49(59(67)75)65-55(71)37(3)63-5)57(73)43-21-23-44(24-22-43)58(74)70-34-50(66-56(72)38(4)64-6)60(76)68(52-26-18-40(30-62)28-54(52)70)32-48-36(2)16-20-42-12-8-10-14-46(42)48;;/h7-28,37-38,49-50,63-64H,31-34H2,1-6H3,(H,65,71)(H,66,72);2*1H/t37-,38-,49-,50-;;/m0../s1. The van der Waals surface area contributed by atoms with Crippen molar-refractivity contribution in [1.82, 2.24) is 21.3 Å². The Hall–Kier alpha value is -8.64. The summed E-state index contributed by atoms with van der Waals surface area (Å²) >= 11 is 0. The molecule has 4 atom stereocenters. The molecule has 0 aliphatic carbocycles.